The van der Waals surface area contributed by atoms with E-state index in [0.717, 1.165) is 41.9 Å². The number of allylic oxidation sites excluding steroid dienone is 1. The van der Waals surface area contributed by atoms with E-state index in [2.05, 4.69) is 20.9 Å². The van der Waals surface area contributed by atoms with Crippen molar-refractivity contribution in [2.45, 2.75) is 33.1 Å². The van der Waals surface area contributed by atoms with Gasteiger partial charge in [-0.2, -0.15) is 0 Å². The Morgan fingerprint density at radius 2 is 2.07 bits per heavy atom. The number of hydrogen-bond donors (Lipinski definition) is 4. The van der Waals surface area contributed by atoms with Gasteiger partial charge in [0.2, 0.25) is 0 Å². The number of nitrogens with one attached hydrogen (secondary N) is 4. The Bertz CT molecular complexity index is 1020. The van der Waals surface area contributed by atoms with Crippen LogP contribution >= 0.6 is 0 Å². The number of carbonyl (C=O) groups is 2. The summed E-state index contributed by atoms with van der Waals surface area (Å²) < 4.78 is 13.8. The van der Waals surface area contributed by atoms with Crippen molar-refractivity contribution in [2.24, 2.45) is 0 Å². The van der Waals surface area contributed by atoms with Crippen LogP contribution in [0.25, 0.3) is 11.1 Å². The summed E-state index contributed by atoms with van der Waals surface area (Å²) in [7, 11) is 0. The molecule has 6 nitrogen and oxygen atoms in total. The molecule has 0 bridgehead atoms. The molecule has 1 aromatic heterocycles. The lowest BCUT2D eigenvalue weighted by Crippen LogP contribution is -2.32. The highest BCUT2D eigenvalue weighted by molar-refractivity contribution is 6.36. The fourth-order valence-corrected chi connectivity index (χ4v) is 4.28. The monoisotopic (exact) mass is 396 g/mol. The predicted octanol–water partition coefficient (Wildman–Crippen LogP) is 3.00. The zero-order valence-corrected chi connectivity index (χ0v) is 16.7. The highest BCUT2D eigenvalue weighted by Crippen LogP contribution is 2.43. The number of amides is 2. The number of halogens is 1. The summed E-state index contributed by atoms with van der Waals surface area (Å²) in [6.45, 7) is 6.02. The van der Waals surface area contributed by atoms with E-state index in [1.807, 2.05) is 13.8 Å². The molecule has 1 aromatic carbocycles. The largest absolute Gasteiger partial charge is 0.358 e. The summed E-state index contributed by atoms with van der Waals surface area (Å²) >= 11 is 0. The van der Waals surface area contributed by atoms with Crippen LogP contribution < -0.4 is 16.0 Å². The molecule has 0 saturated carbocycles. The van der Waals surface area contributed by atoms with E-state index < -0.39 is 0 Å². The summed E-state index contributed by atoms with van der Waals surface area (Å²) in [4.78, 5) is 28.8. The molecule has 0 atom stereocenters. The molecule has 2 amide bonds. The number of likely N-dealkylation sites (N-methyl/N-ethyl adjacent to an activating group) is 1. The molecule has 2 aliphatic rings. The Morgan fingerprint density at radius 3 is 2.86 bits per heavy atom. The minimum atomic E-state index is -0.377. The van der Waals surface area contributed by atoms with Crippen LogP contribution in [0.2, 0.25) is 0 Å². The predicted molar refractivity (Wildman–Crippen MR) is 111 cm³/mol. The molecule has 2 heterocycles. The van der Waals surface area contributed by atoms with Crippen molar-refractivity contribution in [3.8, 4) is 0 Å². The van der Waals surface area contributed by atoms with Gasteiger partial charge in [0.25, 0.3) is 11.8 Å². The lowest BCUT2D eigenvalue weighted by atomic mass is 9.86. The van der Waals surface area contributed by atoms with Gasteiger partial charge < -0.3 is 20.9 Å². The number of rotatable bonds is 5. The van der Waals surface area contributed by atoms with Crippen molar-refractivity contribution < 1.29 is 14.0 Å². The van der Waals surface area contributed by atoms with E-state index >= 15 is 0 Å². The lowest BCUT2D eigenvalue weighted by Gasteiger charge is -2.18. The molecule has 152 valence electrons. The number of carbonyl (C=O) groups excluding carboxylic acids is 2. The summed E-state index contributed by atoms with van der Waals surface area (Å²) in [5, 5.41) is 8.97. The molecule has 4 rings (SSSR count). The van der Waals surface area contributed by atoms with Crippen LogP contribution in [0, 0.1) is 12.7 Å². The van der Waals surface area contributed by atoms with Crippen LogP contribution in [0.5, 0.6) is 0 Å². The average molecular weight is 396 g/mol. The maximum Gasteiger partial charge on any atom is 0.256 e. The van der Waals surface area contributed by atoms with Crippen LogP contribution in [-0.4, -0.2) is 36.4 Å². The summed E-state index contributed by atoms with van der Waals surface area (Å²) in [5.74, 6) is -0.707. The zero-order valence-electron chi connectivity index (χ0n) is 16.7. The Morgan fingerprint density at radius 1 is 1.24 bits per heavy atom. The minimum absolute atomic E-state index is 0.105. The quantitative estimate of drug-likeness (QED) is 0.463. The first kappa shape index (κ1) is 19.4. The second-order valence-corrected chi connectivity index (χ2v) is 7.44. The molecular formula is C22H25FN4O2. The Kier molecular flexibility index (Phi) is 5.24. The van der Waals surface area contributed by atoms with Gasteiger partial charge in [-0.15, -0.1) is 0 Å². The van der Waals surface area contributed by atoms with Crippen LogP contribution in [0.1, 0.15) is 52.6 Å². The SMILES string of the molecule is CCNCCNC(=O)c1c(C)[nH]c2c1CCC/C2=C1/C(=O)Nc2ccc(F)cc21. The highest BCUT2D eigenvalue weighted by atomic mass is 19.1. The van der Waals surface area contributed by atoms with Gasteiger partial charge in [0.05, 0.1) is 11.1 Å². The van der Waals surface area contributed by atoms with E-state index in [0.29, 0.717) is 41.9 Å². The number of benzene rings is 1. The summed E-state index contributed by atoms with van der Waals surface area (Å²) in [5.41, 5.74) is 5.77. The van der Waals surface area contributed by atoms with Gasteiger partial charge in [-0.05, 0) is 62.1 Å². The second kappa shape index (κ2) is 7.83. The maximum absolute atomic E-state index is 13.8. The smallest absolute Gasteiger partial charge is 0.256 e. The molecular weight excluding hydrogens is 371 g/mol. The molecule has 0 fully saturated rings. The van der Waals surface area contributed by atoms with Gasteiger partial charge in [-0.3, -0.25) is 9.59 Å². The fraction of sp³-hybridized carbons (Fsp3) is 0.364. The maximum atomic E-state index is 13.8. The fourth-order valence-electron chi connectivity index (χ4n) is 4.28. The van der Waals surface area contributed by atoms with Gasteiger partial charge in [0, 0.05) is 35.7 Å². The molecule has 7 heteroatoms. The van der Waals surface area contributed by atoms with E-state index in [4.69, 9.17) is 0 Å². The number of H-pyrrole nitrogens is 1. The Hall–Kier alpha value is -2.93. The Labute approximate surface area is 169 Å². The van der Waals surface area contributed by atoms with Gasteiger partial charge in [0.15, 0.2) is 0 Å². The van der Waals surface area contributed by atoms with Crippen molar-refractivity contribution in [3.63, 3.8) is 0 Å². The molecule has 0 spiro atoms. The molecule has 0 saturated heterocycles. The first-order valence-corrected chi connectivity index (χ1v) is 10.1. The lowest BCUT2D eigenvalue weighted by molar-refractivity contribution is -0.110. The van der Waals surface area contributed by atoms with E-state index in [1.165, 1.54) is 12.1 Å². The number of hydrogen-bond acceptors (Lipinski definition) is 3. The third-order valence-electron chi connectivity index (χ3n) is 5.54. The van der Waals surface area contributed by atoms with Gasteiger partial charge in [-0.25, -0.2) is 4.39 Å². The van der Waals surface area contributed by atoms with Crippen molar-refractivity contribution in [1.29, 1.82) is 0 Å². The standard InChI is InChI=1S/C22H25FN4O2/c1-3-24-9-10-25-21(28)18-12(2)26-20-14(18)5-4-6-15(20)19-16-11-13(23)7-8-17(16)27-22(19)29/h7-8,11,24,26H,3-6,9-10H2,1-2H3,(H,25,28)(H,27,29)/b19-15-. The zero-order chi connectivity index (χ0) is 20.5. The van der Waals surface area contributed by atoms with E-state index in [9.17, 15) is 14.0 Å². The normalized spacial score (nSPS) is 17.7. The molecule has 1 aliphatic carbocycles. The van der Waals surface area contributed by atoms with Gasteiger partial charge >= 0.3 is 0 Å². The first-order valence-electron chi connectivity index (χ1n) is 10.1. The Balaban J connectivity index is 1.74. The molecule has 1 aliphatic heterocycles. The van der Waals surface area contributed by atoms with E-state index in [-0.39, 0.29) is 17.6 Å². The minimum Gasteiger partial charge on any atom is -0.358 e. The van der Waals surface area contributed by atoms with Crippen molar-refractivity contribution >= 4 is 28.6 Å². The van der Waals surface area contributed by atoms with Crippen LogP contribution in [0.3, 0.4) is 0 Å². The molecule has 29 heavy (non-hydrogen) atoms. The van der Waals surface area contributed by atoms with Crippen molar-refractivity contribution in [2.75, 3.05) is 25.0 Å². The van der Waals surface area contributed by atoms with Crippen LogP contribution in [-0.2, 0) is 11.2 Å². The van der Waals surface area contributed by atoms with Gasteiger partial charge in [-0.1, -0.05) is 6.92 Å². The number of aromatic nitrogens is 1. The summed E-state index contributed by atoms with van der Waals surface area (Å²) in [6.07, 6.45) is 2.30. The first-order chi connectivity index (χ1) is 14.0. The molecule has 0 radical (unpaired) electrons. The van der Waals surface area contributed by atoms with Gasteiger partial charge in [0.1, 0.15) is 5.82 Å². The number of aromatic amines is 1. The topological polar surface area (TPSA) is 86.0 Å². The van der Waals surface area contributed by atoms with Crippen LogP contribution in [0.4, 0.5) is 10.1 Å². The van der Waals surface area contributed by atoms with Crippen molar-refractivity contribution in [3.05, 3.63) is 52.1 Å². The number of anilines is 1. The van der Waals surface area contributed by atoms with Crippen molar-refractivity contribution in [1.82, 2.24) is 15.6 Å². The molecule has 4 N–H and O–H groups in total. The van der Waals surface area contributed by atoms with Crippen LogP contribution in [0.15, 0.2) is 18.2 Å². The average Bonchev–Trinajstić information content (AvgIpc) is 3.20. The molecule has 2 aromatic rings. The summed E-state index contributed by atoms with van der Waals surface area (Å²) in [6, 6.07) is 4.32. The molecule has 0 unspecified atom stereocenters. The highest BCUT2D eigenvalue weighted by Gasteiger charge is 2.33. The van der Waals surface area contributed by atoms with E-state index in [1.54, 1.807) is 6.07 Å². The number of fused-ring (bicyclic) bond motifs is 2. The third kappa shape index (κ3) is 3.46. The second-order valence-electron chi connectivity index (χ2n) is 7.44. The third-order valence-corrected chi connectivity index (χ3v) is 5.54. The number of aryl methyl sites for hydroxylation is 1.